The highest BCUT2D eigenvalue weighted by molar-refractivity contribution is 6.27. The maximum atomic E-state index is 4.65. The van der Waals surface area contributed by atoms with Gasteiger partial charge in [0, 0.05) is 28.8 Å². The molecule has 230 valence electrons. The number of nitrogens with zero attached hydrogens (tertiary/aromatic N) is 1. The molecule has 1 nitrogen and oxygen atoms in total. The first-order valence-electron chi connectivity index (χ1n) is 17.1. The van der Waals surface area contributed by atoms with Gasteiger partial charge in [0.05, 0.1) is 0 Å². The third kappa shape index (κ3) is 4.09. The van der Waals surface area contributed by atoms with E-state index in [1.807, 2.05) is 12.4 Å². The highest BCUT2D eigenvalue weighted by Crippen LogP contribution is 2.52. The molecule has 0 fully saturated rings. The molecular weight excluding hydrogens is 591 g/mol. The van der Waals surface area contributed by atoms with E-state index in [9.17, 15) is 0 Å². The van der Waals surface area contributed by atoms with Crippen LogP contribution in [0.2, 0.25) is 0 Å². The van der Waals surface area contributed by atoms with Crippen molar-refractivity contribution in [1.82, 2.24) is 4.98 Å². The van der Waals surface area contributed by atoms with Crippen LogP contribution < -0.4 is 0 Å². The molecule has 1 heteroatoms. The lowest BCUT2D eigenvalue weighted by atomic mass is 9.79. The Morgan fingerprint density at radius 1 is 0.388 bits per heavy atom. The maximum Gasteiger partial charge on any atom is 0.0352 e. The molecular formula is C48H33N. The molecule has 0 amide bonds. The smallest absolute Gasteiger partial charge is 0.0352 e. The number of pyridine rings is 1. The molecule has 49 heavy (non-hydrogen) atoms. The van der Waals surface area contributed by atoms with Gasteiger partial charge >= 0.3 is 0 Å². The Kier molecular flexibility index (Phi) is 5.99. The molecule has 0 bridgehead atoms. The fourth-order valence-electron chi connectivity index (χ4n) is 8.60. The Labute approximate surface area is 286 Å². The average Bonchev–Trinajstić information content (AvgIpc) is 3.38. The lowest BCUT2D eigenvalue weighted by Crippen LogP contribution is -2.14. The highest BCUT2D eigenvalue weighted by Gasteiger charge is 2.35. The molecule has 0 saturated carbocycles. The van der Waals surface area contributed by atoms with E-state index in [2.05, 4.69) is 170 Å². The fourth-order valence-corrected chi connectivity index (χ4v) is 8.60. The molecule has 1 heterocycles. The van der Waals surface area contributed by atoms with Gasteiger partial charge in [0.2, 0.25) is 0 Å². The predicted molar refractivity (Wildman–Crippen MR) is 208 cm³/mol. The average molecular weight is 624 g/mol. The number of rotatable bonds is 3. The van der Waals surface area contributed by atoms with Gasteiger partial charge in [-0.15, -0.1) is 0 Å². The Morgan fingerprint density at radius 3 is 1.88 bits per heavy atom. The minimum Gasteiger partial charge on any atom is -0.264 e. The summed E-state index contributed by atoms with van der Waals surface area (Å²) >= 11 is 0. The first-order chi connectivity index (χ1) is 24.1. The number of aromatic nitrogens is 1. The number of hydrogen-bond acceptors (Lipinski definition) is 1. The first-order valence-corrected chi connectivity index (χ1v) is 17.1. The molecule has 0 radical (unpaired) electrons. The zero-order valence-corrected chi connectivity index (χ0v) is 27.5. The van der Waals surface area contributed by atoms with E-state index in [-0.39, 0.29) is 5.41 Å². The van der Waals surface area contributed by atoms with E-state index in [0.29, 0.717) is 0 Å². The van der Waals surface area contributed by atoms with Crippen LogP contribution in [0.1, 0.15) is 25.0 Å². The lowest BCUT2D eigenvalue weighted by molar-refractivity contribution is 0.660. The largest absolute Gasteiger partial charge is 0.264 e. The second-order valence-electron chi connectivity index (χ2n) is 13.9. The SMILES string of the molecule is CC1(C)c2ccccc2-c2ccc(-c3c4ccccc4c(-c4c5ccccc5cc5ccncc45)c4ccc(-c5ccccc5)cc34)cc21. The summed E-state index contributed by atoms with van der Waals surface area (Å²) in [5.74, 6) is 0. The van der Waals surface area contributed by atoms with Crippen molar-refractivity contribution >= 4 is 43.1 Å². The van der Waals surface area contributed by atoms with E-state index in [4.69, 9.17) is 0 Å². The predicted octanol–water partition coefficient (Wildman–Crippen LogP) is 13.0. The van der Waals surface area contributed by atoms with Crippen LogP contribution in [0.4, 0.5) is 0 Å². The van der Waals surface area contributed by atoms with Crippen molar-refractivity contribution in [2.75, 3.05) is 0 Å². The van der Waals surface area contributed by atoms with Crippen LogP contribution in [0.5, 0.6) is 0 Å². The van der Waals surface area contributed by atoms with Gasteiger partial charge in [-0.2, -0.15) is 0 Å². The number of benzene rings is 8. The topological polar surface area (TPSA) is 12.9 Å². The van der Waals surface area contributed by atoms with Crippen molar-refractivity contribution in [3.63, 3.8) is 0 Å². The number of fused-ring (bicyclic) bond motifs is 7. The second-order valence-corrected chi connectivity index (χ2v) is 13.9. The molecule has 10 rings (SSSR count). The van der Waals surface area contributed by atoms with Crippen LogP contribution in [-0.2, 0) is 5.41 Å². The summed E-state index contributed by atoms with van der Waals surface area (Å²) in [4.78, 5) is 4.65. The van der Waals surface area contributed by atoms with Crippen LogP contribution in [-0.4, -0.2) is 4.98 Å². The van der Waals surface area contributed by atoms with Crippen molar-refractivity contribution in [1.29, 1.82) is 0 Å². The van der Waals surface area contributed by atoms with Gasteiger partial charge in [0.1, 0.15) is 0 Å². The van der Waals surface area contributed by atoms with Gasteiger partial charge in [0.25, 0.3) is 0 Å². The molecule has 8 aromatic carbocycles. The Morgan fingerprint density at radius 2 is 1.02 bits per heavy atom. The van der Waals surface area contributed by atoms with Gasteiger partial charge in [-0.05, 0) is 112 Å². The van der Waals surface area contributed by atoms with E-state index in [1.165, 1.54) is 98.7 Å². The van der Waals surface area contributed by atoms with Crippen LogP contribution in [0.3, 0.4) is 0 Å². The minimum absolute atomic E-state index is 0.0858. The summed E-state index contributed by atoms with van der Waals surface area (Å²) in [6.07, 6.45) is 3.95. The summed E-state index contributed by atoms with van der Waals surface area (Å²) in [6.45, 7) is 4.74. The summed E-state index contributed by atoms with van der Waals surface area (Å²) in [5.41, 5.74) is 12.9. The van der Waals surface area contributed by atoms with E-state index in [1.54, 1.807) is 0 Å². The second kappa shape index (κ2) is 10.5. The summed E-state index contributed by atoms with van der Waals surface area (Å²) in [7, 11) is 0. The molecule has 1 aromatic heterocycles. The zero-order chi connectivity index (χ0) is 32.7. The Balaban J connectivity index is 1.37. The third-order valence-electron chi connectivity index (χ3n) is 10.9. The maximum absolute atomic E-state index is 4.65. The summed E-state index contributed by atoms with van der Waals surface area (Å²) in [6, 6.07) is 56.2. The van der Waals surface area contributed by atoms with Gasteiger partial charge in [-0.25, -0.2) is 0 Å². The quantitative estimate of drug-likeness (QED) is 0.178. The Bertz CT molecular complexity index is 2730. The third-order valence-corrected chi connectivity index (χ3v) is 10.9. The molecule has 1 aliphatic carbocycles. The summed E-state index contributed by atoms with van der Waals surface area (Å²) in [5, 5.41) is 9.86. The molecule has 0 atom stereocenters. The van der Waals surface area contributed by atoms with Crippen molar-refractivity contribution in [3.8, 4) is 44.5 Å². The van der Waals surface area contributed by atoms with Crippen molar-refractivity contribution in [3.05, 3.63) is 175 Å². The number of hydrogen-bond donors (Lipinski definition) is 0. The lowest BCUT2D eigenvalue weighted by Gasteiger charge is -2.23. The van der Waals surface area contributed by atoms with Crippen LogP contribution >= 0.6 is 0 Å². The summed E-state index contributed by atoms with van der Waals surface area (Å²) < 4.78 is 0. The van der Waals surface area contributed by atoms with Crippen molar-refractivity contribution < 1.29 is 0 Å². The van der Waals surface area contributed by atoms with E-state index in [0.717, 1.165) is 0 Å². The Hall–Kier alpha value is -6.05. The molecule has 0 unspecified atom stereocenters. The molecule has 0 spiro atoms. The molecule has 0 aliphatic heterocycles. The monoisotopic (exact) mass is 623 g/mol. The van der Waals surface area contributed by atoms with Gasteiger partial charge in [-0.3, -0.25) is 4.98 Å². The van der Waals surface area contributed by atoms with Gasteiger partial charge in [-0.1, -0.05) is 141 Å². The van der Waals surface area contributed by atoms with Gasteiger partial charge in [0.15, 0.2) is 0 Å². The minimum atomic E-state index is -0.0858. The van der Waals surface area contributed by atoms with Crippen LogP contribution in [0.15, 0.2) is 164 Å². The van der Waals surface area contributed by atoms with E-state index >= 15 is 0 Å². The highest BCUT2D eigenvalue weighted by atomic mass is 14.6. The van der Waals surface area contributed by atoms with Crippen LogP contribution in [0.25, 0.3) is 87.6 Å². The van der Waals surface area contributed by atoms with Gasteiger partial charge < -0.3 is 0 Å². The molecule has 1 aliphatic rings. The molecule has 0 saturated heterocycles. The molecule has 9 aromatic rings. The zero-order valence-electron chi connectivity index (χ0n) is 27.5. The standard InChI is InChI=1S/C48H33N/c1-48(2)43-19-11-10-16-36(43)37-22-21-34(28-44(37)48)45-38-17-8-9-18-39(38)47(40-23-20-31(27-41(40)45)30-12-4-3-5-13-30)46-35-15-7-6-14-32(35)26-33-24-25-49-29-42(33)46/h3-29H,1-2H3. The van der Waals surface area contributed by atoms with E-state index < -0.39 is 0 Å². The first kappa shape index (κ1) is 28.0. The van der Waals surface area contributed by atoms with Crippen molar-refractivity contribution in [2.24, 2.45) is 0 Å². The van der Waals surface area contributed by atoms with Crippen LogP contribution in [0, 0.1) is 0 Å². The molecule has 0 N–H and O–H groups in total. The van der Waals surface area contributed by atoms with Crippen molar-refractivity contribution in [2.45, 2.75) is 19.3 Å². The fraction of sp³-hybridized carbons (Fsp3) is 0.0625. The normalized spacial score (nSPS) is 13.3.